The summed E-state index contributed by atoms with van der Waals surface area (Å²) in [4.78, 5) is 21.4. The topological polar surface area (TPSA) is 57.2 Å². The first-order valence-electron chi connectivity index (χ1n) is 10.1. The molecule has 27 heavy (non-hydrogen) atoms. The molecule has 0 bridgehead atoms. The normalized spacial score (nSPS) is 21.4. The van der Waals surface area contributed by atoms with Crippen LogP contribution in [0.3, 0.4) is 0 Å². The average molecular weight is 373 g/mol. The number of aliphatic imine (C=N–C) groups is 1. The van der Waals surface area contributed by atoms with Crippen molar-refractivity contribution in [3.8, 4) is 0 Å². The van der Waals surface area contributed by atoms with Gasteiger partial charge in [0.2, 0.25) is 0 Å². The van der Waals surface area contributed by atoms with Gasteiger partial charge in [-0.05, 0) is 44.2 Å². The molecule has 1 unspecified atom stereocenters. The number of hydrogen-bond donors (Lipinski definition) is 1. The van der Waals surface area contributed by atoms with Crippen LogP contribution in [-0.2, 0) is 9.53 Å². The van der Waals surface area contributed by atoms with E-state index in [9.17, 15) is 4.79 Å². The highest BCUT2D eigenvalue weighted by molar-refractivity contribution is 5.80. The van der Waals surface area contributed by atoms with Gasteiger partial charge >= 0.3 is 5.97 Å². The summed E-state index contributed by atoms with van der Waals surface area (Å²) < 4.78 is 4.89. The fourth-order valence-corrected chi connectivity index (χ4v) is 3.99. The standard InChI is InChI=1S/C21H32N4O2/c1-3-22-21(24-13-10-18(11-14-24)20(26)27-2)23-15-17-9-12-25(16-17)19-7-5-4-6-8-19/h4-8,17-18H,3,9-16H2,1-2H3,(H,22,23). The molecular formula is C21H32N4O2. The number of carbonyl (C=O) groups is 1. The van der Waals surface area contributed by atoms with Gasteiger partial charge in [-0.1, -0.05) is 18.2 Å². The molecule has 0 aliphatic carbocycles. The number of methoxy groups -OCH3 is 1. The molecule has 0 aromatic heterocycles. The maximum atomic E-state index is 11.7. The number of nitrogens with zero attached hydrogens (tertiary/aromatic N) is 3. The third kappa shape index (κ3) is 5.15. The van der Waals surface area contributed by atoms with Crippen LogP contribution in [0.5, 0.6) is 0 Å². The van der Waals surface area contributed by atoms with Crippen molar-refractivity contribution < 1.29 is 9.53 Å². The lowest BCUT2D eigenvalue weighted by Crippen LogP contribution is -2.46. The number of anilines is 1. The van der Waals surface area contributed by atoms with Crippen LogP contribution in [0, 0.1) is 11.8 Å². The molecule has 148 valence electrons. The summed E-state index contributed by atoms with van der Waals surface area (Å²) in [7, 11) is 1.47. The highest BCUT2D eigenvalue weighted by Crippen LogP contribution is 2.24. The number of guanidine groups is 1. The number of para-hydroxylation sites is 1. The number of hydrogen-bond acceptors (Lipinski definition) is 4. The largest absolute Gasteiger partial charge is 0.469 e. The van der Waals surface area contributed by atoms with Crippen molar-refractivity contribution in [1.29, 1.82) is 0 Å². The molecule has 0 radical (unpaired) electrons. The van der Waals surface area contributed by atoms with Gasteiger partial charge in [0.15, 0.2) is 5.96 Å². The SMILES string of the molecule is CCNC(=NCC1CCN(c2ccccc2)C1)N1CCC(C(=O)OC)CC1. The van der Waals surface area contributed by atoms with Crippen molar-refractivity contribution in [3.05, 3.63) is 30.3 Å². The smallest absolute Gasteiger partial charge is 0.308 e. The van der Waals surface area contributed by atoms with Crippen LogP contribution in [0.4, 0.5) is 5.69 Å². The number of piperidine rings is 1. The summed E-state index contributed by atoms with van der Waals surface area (Å²) in [5, 5.41) is 3.42. The van der Waals surface area contributed by atoms with Gasteiger partial charge in [0, 0.05) is 45.0 Å². The van der Waals surface area contributed by atoms with Crippen molar-refractivity contribution in [2.45, 2.75) is 26.2 Å². The van der Waals surface area contributed by atoms with Crippen LogP contribution in [-0.4, -0.2) is 63.2 Å². The van der Waals surface area contributed by atoms with Gasteiger partial charge in [0.05, 0.1) is 13.0 Å². The molecule has 6 nitrogen and oxygen atoms in total. The Morgan fingerprint density at radius 1 is 1.19 bits per heavy atom. The highest BCUT2D eigenvalue weighted by Gasteiger charge is 2.27. The number of esters is 1. The first-order chi connectivity index (χ1) is 13.2. The Hall–Kier alpha value is -2.24. The van der Waals surface area contributed by atoms with E-state index in [0.717, 1.165) is 58.1 Å². The monoisotopic (exact) mass is 372 g/mol. The lowest BCUT2D eigenvalue weighted by molar-refractivity contribution is -0.146. The molecule has 0 spiro atoms. The number of benzene rings is 1. The molecule has 2 saturated heterocycles. The van der Waals surface area contributed by atoms with Crippen molar-refractivity contribution in [2.24, 2.45) is 16.8 Å². The van der Waals surface area contributed by atoms with E-state index in [-0.39, 0.29) is 11.9 Å². The Balaban J connectivity index is 1.53. The first-order valence-corrected chi connectivity index (χ1v) is 10.1. The fraction of sp³-hybridized carbons (Fsp3) is 0.619. The van der Waals surface area contributed by atoms with Crippen molar-refractivity contribution in [2.75, 3.05) is 51.3 Å². The van der Waals surface area contributed by atoms with Gasteiger partial charge in [-0.2, -0.15) is 0 Å². The lowest BCUT2D eigenvalue weighted by Gasteiger charge is -2.33. The fourth-order valence-electron chi connectivity index (χ4n) is 3.99. The van der Waals surface area contributed by atoms with Crippen LogP contribution in [0.1, 0.15) is 26.2 Å². The summed E-state index contributed by atoms with van der Waals surface area (Å²) in [6, 6.07) is 10.6. The van der Waals surface area contributed by atoms with Crippen LogP contribution < -0.4 is 10.2 Å². The van der Waals surface area contributed by atoms with Gasteiger partial charge in [-0.3, -0.25) is 9.79 Å². The summed E-state index contributed by atoms with van der Waals surface area (Å²) in [6.07, 6.45) is 2.85. The summed E-state index contributed by atoms with van der Waals surface area (Å²) in [6.45, 7) is 7.68. The molecule has 3 rings (SSSR count). The predicted octanol–water partition coefficient (Wildman–Crippen LogP) is 2.36. The minimum atomic E-state index is -0.0800. The molecule has 2 fully saturated rings. The van der Waals surface area contributed by atoms with E-state index in [4.69, 9.17) is 9.73 Å². The zero-order valence-electron chi connectivity index (χ0n) is 16.6. The second-order valence-corrected chi connectivity index (χ2v) is 7.42. The van der Waals surface area contributed by atoms with E-state index in [1.807, 2.05) is 0 Å². The van der Waals surface area contributed by atoms with E-state index in [0.29, 0.717) is 5.92 Å². The third-order valence-corrected chi connectivity index (χ3v) is 5.57. The number of ether oxygens (including phenoxy) is 1. The molecule has 1 aromatic rings. The molecule has 1 N–H and O–H groups in total. The molecule has 0 amide bonds. The van der Waals surface area contributed by atoms with Crippen LogP contribution in [0.2, 0.25) is 0 Å². The molecule has 1 aromatic carbocycles. The van der Waals surface area contributed by atoms with E-state index in [1.165, 1.54) is 19.2 Å². The summed E-state index contributed by atoms with van der Waals surface area (Å²) in [5.74, 6) is 1.53. The molecule has 0 saturated carbocycles. The van der Waals surface area contributed by atoms with Gasteiger partial charge in [-0.25, -0.2) is 0 Å². The van der Waals surface area contributed by atoms with Gasteiger partial charge in [-0.15, -0.1) is 0 Å². The van der Waals surface area contributed by atoms with Crippen molar-refractivity contribution in [1.82, 2.24) is 10.2 Å². The van der Waals surface area contributed by atoms with E-state index >= 15 is 0 Å². The second-order valence-electron chi connectivity index (χ2n) is 7.42. The Labute approximate surface area is 162 Å². The molecule has 2 heterocycles. The molecule has 2 aliphatic heterocycles. The summed E-state index contributed by atoms with van der Waals surface area (Å²) >= 11 is 0. The van der Waals surface area contributed by atoms with Gasteiger partial charge in [0.25, 0.3) is 0 Å². The Morgan fingerprint density at radius 3 is 2.59 bits per heavy atom. The zero-order valence-corrected chi connectivity index (χ0v) is 16.6. The molecular weight excluding hydrogens is 340 g/mol. The van der Waals surface area contributed by atoms with Crippen LogP contribution in [0.15, 0.2) is 35.3 Å². The first kappa shape index (κ1) is 19.5. The minimum Gasteiger partial charge on any atom is -0.469 e. The Morgan fingerprint density at radius 2 is 1.93 bits per heavy atom. The van der Waals surface area contributed by atoms with Crippen molar-refractivity contribution in [3.63, 3.8) is 0 Å². The van der Waals surface area contributed by atoms with Gasteiger partial charge < -0.3 is 19.9 Å². The maximum Gasteiger partial charge on any atom is 0.308 e. The predicted molar refractivity (Wildman–Crippen MR) is 109 cm³/mol. The quantitative estimate of drug-likeness (QED) is 0.489. The third-order valence-electron chi connectivity index (χ3n) is 5.57. The molecule has 1 atom stereocenters. The summed E-state index contributed by atoms with van der Waals surface area (Å²) in [5.41, 5.74) is 1.31. The van der Waals surface area contributed by atoms with Crippen molar-refractivity contribution >= 4 is 17.6 Å². The highest BCUT2D eigenvalue weighted by atomic mass is 16.5. The maximum absolute atomic E-state index is 11.7. The van der Waals surface area contributed by atoms with Crippen LogP contribution in [0.25, 0.3) is 0 Å². The second kappa shape index (κ2) is 9.62. The number of likely N-dealkylation sites (tertiary alicyclic amines) is 1. The number of carbonyl (C=O) groups excluding carboxylic acids is 1. The zero-order chi connectivity index (χ0) is 19.1. The average Bonchev–Trinajstić information content (AvgIpc) is 3.20. The Kier molecular flexibility index (Phi) is 6.96. The number of rotatable bonds is 5. The molecule has 2 aliphatic rings. The van der Waals surface area contributed by atoms with E-state index < -0.39 is 0 Å². The van der Waals surface area contributed by atoms with E-state index in [2.05, 4.69) is 52.4 Å². The Bertz CT molecular complexity index is 626. The number of nitrogens with one attached hydrogen (secondary N) is 1. The van der Waals surface area contributed by atoms with E-state index in [1.54, 1.807) is 0 Å². The molecule has 6 heteroatoms. The van der Waals surface area contributed by atoms with Crippen LogP contribution >= 0.6 is 0 Å². The lowest BCUT2D eigenvalue weighted by atomic mass is 9.97. The minimum absolute atomic E-state index is 0.0309. The van der Waals surface area contributed by atoms with Gasteiger partial charge in [0.1, 0.15) is 0 Å².